The summed E-state index contributed by atoms with van der Waals surface area (Å²) in [7, 11) is -2.16. The van der Waals surface area contributed by atoms with Crippen molar-refractivity contribution in [2.75, 3.05) is 6.61 Å². The minimum Gasteiger partial charge on any atom is -0.480 e. The first-order valence-corrected chi connectivity index (χ1v) is 12.7. The molecule has 0 spiro atoms. The maximum Gasteiger partial charge on any atom is 0.494 e. The predicted octanol–water partition coefficient (Wildman–Crippen LogP) is 3.36. The van der Waals surface area contributed by atoms with Crippen molar-refractivity contribution in [1.29, 1.82) is 0 Å². The van der Waals surface area contributed by atoms with Gasteiger partial charge in [-0.15, -0.1) is 0 Å². The lowest BCUT2D eigenvalue weighted by molar-refractivity contribution is -0.143. The third kappa shape index (κ3) is 10.9. The van der Waals surface area contributed by atoms with Crippen LogP contribution in [0, 0.1) is 6.92 Å². The summed E-state index contributed by atoms with van der Waals surface area (Å²) in [5, 5.41) is 25.4. The first kappa shape index (κ1) is 34.0. The lowest BCUT2D eigenvalue weighted by Crippen LogP contribution is -2.41. The second-order valence-corrected chi connectivity index (χ2v) is 10.2. The molecule has 0 atom stereocenters. The molecule has 1 saturated heterocycles. The Labute approximate surface area is 238 Å². The molecule has 3 N–H and O–H groups in total. The van der Waals surface area contributed by atoms with Crippen LogP contribution < -0.4 is 10.9 Å². The molecule has 0 saturated carbocycles. The quantitative estimate of drug-likeness (QED) is 0.384. The van der Waals surface area contributed by atoms with Gasteiger partial charge in [0.2, 0.25) is 0 Å². The van der Waals surface area contributed by atoms with Gasteiger partial charge in [-0.05, 0) is 63.2 Å². The average Bonchev–Trinajstić information content (AvgIpc) is 3.11. The monoisotopic (exact) mass is 575 g/mol. The Morgan fingerprint density at radius 1 is 0.951 bits per heavy atom. The second kappa shape index (κ2) is 14.6. The number of carboxylic acids is 1. The van der Waals surface area contributed by atoms with Crippen LogP contribution in [0.4, 0.5) is 13.2 Å². The van der Waals surface area contributed by atoms with Gasteiger partial charge in [-0.1, -0.05) is 60.7 Å². The van der Waals surface area contributed by atoms with E-state index in [2.05, 4.69) is 4.98 Å². The van der Waals surface area contributed by atoms with E-state index in [9.17, 15) is 18.0 Å². The highest BCUT2D eigenvalue weighted by Gasteiger charge is 2.52. The molecular formula is C28H34B2F3NO7. The van der Waals surface area contributed by atoms with E-state index in [1.165, 1.54) is 6.92 Å². The SMILES string of the molecule is Cc1cc(B2OC(C)(C)C(C)(C)O2)cc(C(F)(F)F)n1.O=C(O)COCc1ccccc1.OB(O)c1ccccc1. The van der Waals surface area contributed by atoms with E-state index < -0.39 is 43.3 Å². The Morgan fingerprint density at radius 3 is 1.90 bits per heavy atom. The zero-order chi connectivity index (χ0) is 30.8. The molecular weight excluding hydrogens is 541 g/mol. The van der Waals surface area contributed by atoms with E-state index in [0.717, 1.165) is 11.6 Å². The Bertz CT molecular complexity index is 1230. The second-order valence-electron chi connectivity index (χ2n) is 10.2. The first-order chi connectivity index (χ1) is 19.0. The molecule has 8 nitrogen and oxygen atoms in total. The fraction of sp³-hybridized carbons (Fsp3) is 0.357. The summed E-state index contributed by atoms with van der Waals surface area (Å²) in [6.45, 7) is 9.04. The Kier molecular flexibility index (Phi) is 12.1. The lowest BCUT2D eigenvalue weighted by Gasteiger charge is -2.32. The number of carbonyl (C=O) groups is 1. The van der Waals surface area contributed by atoms with Crippen LogP contribution in [0.1, 0.15) is 44.6 Å². The highest BCUT2D eigenvalue weighted by Crippen LogP contribution is 2.37. The van der Waals surface area contributed by atoms with Gasteiger partial charge < -0.3 is 29.2 Å². The number of ether oxygens (including phenoxy) is 1. The highest BCUT2D eigenvalue weighted by molar-refractivity contribution is 6.62. The number of benzene rings is 2. The summed E-state index contributed by atoms with van der Waals surface area (Å²) in [6.07, 6.45) is -4.48. The molecule has 1 aliphatic rings. The van der Waals surface area contributed by atoms with Crippen LogP contribution >= 0.6 is 0 Å². The number of alkyl halides is 3. The number of nitrogens with zero attached hydrogens (tertiary/aromatic N) is 1. The Balaban J connectivity index is 0.000000237. The van der Waals surface area contributed by atoms with Gasteiger partial charge in [0.25, 0.3) is 0 Å². The standard InChI is InChI=1S/C13H17BF3NO2.C9H10O3.C6H7BO2/c1-8-6-9(7-10(18-8)13(15,16)17)14-19-11(2,3)12(4,5)20-14;10-9(11)7-12-6-8-4-2-1-3-5-8;8-7(9)6-4-2-1-3-5-6/h6-7H,1-5H3;1-5H,6-7H2,(H,10,11);1-5,8-9H. The molecule has 4 rings (SSSR count). The minimum absolute atomic E-state index is 0.241. The molecule has 0 aliphatic carbocycles. The van der Waals surface area contributed by atoms with Gasteiger partial charge in [-0.2, -0.15) is 13.2 Å². The van der Waals surface area contributed by atoms with Crippen LogP contribution in [0.25, 0.3) is 0 Å². The normalized spacial score (nSPS) is 15.2. The summed E-state index contributed by atoms with van der Waals surface area (Å²) in [4.78, 5) is 13.6. The van der Waals surface area contributed by atoms with Crippen molar-refractivity contribution < 1.29 is 47.2 Å². The molecule has 3 aromatic rings. The summed E-state index contributed by atoms with van der Waals surface area (Å²) < 4.78 is 54.8. The van der Waals surface area contributed by atoms with Crippen molar-refractivity contribution in [2.45, 2.75) is 58.6 Å². The van der Waals surface area contributed by atoms with E-state index in [0.29, 0.717) is 17.5 Å². The maximum atomic E-state index is 12.8. The summed E-state index contributed by atoms with van der Waals surface area (Å²) in [5.74, 6) is -0.939. The molecule has 1 aromatic heterocycles. The summed E-state index contributed by atoms with van der Waals surface area (Å²) in [6, 6.07) is 20.7. The van der Waals surface area contributed by atoms with E-state index in [1.54, 1.807) is 30.3 Å². The van der Waals surface area contributed by atoms with Crippen LogP contribution in [0.3, 0.4) is 0 Å². The zero-order valence-electron chi connectivity index (χ0n) is 23.6. The molecule has 220 valence electrons. The number of hydrogen-bond acceptors (Lipinski definition) is 7. The van der Waals surface area contributed by atoms with Gasteiger partial charge in [-0.3, -0.25) is 0 Å². The molecule has 2 heterocycles. The average molecular weight is 575 g/mol. The van der Waals surface area contributed by atoms with Gasteiger partial charge in [-0.25, -0.2) is 9.78 Å². The van der Waals surface area contributed by atoms with Crippen LogP contribution in [0.5, 0.6) is 0 Å². The van der Waals surface area contributed by atoms with Crippen LogP contribution in [-0.2, 0) is 31.6 Å². The number of carboxylic acid groups (broad SMARTS) is 1. The maximum absolute atomic E-state index is 12.8. The Morgan fingerprint density at radius 2 is 1.46 bits per heavy atom. The van der Waals surface area contributed by atoms with E-state index in [4.69, 9.17) is 29.2 Å². The molecule has 1 aliphatic heterocycles. The van der Waals surface area contributed by atoms with Gasteiger partial charge in [0.05, 0.1) is 17.8 Å². The number of hydrogen-bond donors (Lipinski definition) is 3. The number of aryl methyl sites for hydroxylation is 1. The van der Waals surface area contributed by atoms with Crippen molar-refractivity contribution in [1.82, 2.24) is 4.98 Å². The number of halogens is 3. The molecule has 0 amide bonds. The van der Waals surface area contributed by atoms with Gasteiger partial charge >= 0.3 is 26.4 Å². The zero-order valence-corrected chi connectivity index (χ0v) is 23.6. The predicted molar refractivity (Wildman–Crippen MR) is 150 cm³/mol. The molecule has 41 heavy (non-hydrogen) atoms. The third-order valence-corrected chi connectivity index (χ3v) is 6.23. The molecule has 13 heteroatoms. The van der Waals surface area contributed by atoms with E-state index in [-0.39, 0.29) is 12.3 Å². The molecule has 0 radical (unpaired) electrons. The van der Waals surface area contributed by atoms with Crippen molar-refractivity contribution in [3.63, 3.8) is 0 Å². The van der Waals surface area contributed by atoms with Gasteiger partial charge in [0, 0.05) is 5.69 Å². The van der Waals surface area contributed by atoms with E-state index >= 15 is 0 Å². The summed E-state index contributed by atoms with van der Waals surface area (Å²) >= 11 is 0. The fourth-order valence-electron chi connectivity index (χ4n) is 3.41. The molecule has 0 bridgehead atoms. The fourth-order valence-corrected chi connectivity index (χ4v) is 3.41. The highest BCUT2D eigenvalue weighted by atomic mass is 19.4. The van der Waals surface area contributed by atoms with Crippen molar-refractivity contribution in [3.05, 3.63) is 89.7 Å². The van der Waals surface area contributed by atoms with Crippen LogP contribution in [0.2, 0.25) is 0 Å². The molecule has 1 fully saturated rings. The Hall–Kier alpha value is -3.22. The van der Waals surface area contributed by atoms with Crippen molar-refractivity contribution >= 4 is 31.1 Å². The van der Waals surface area contributed by atoms with Gasteiger partial charge in [0.1, 0.15) is 12.3 Å². The number of aliphatic carboxylic acids is 1. The van der Waals surface area contributed by atoms with Crippen molar-refractivity contribution in [2.24, 2.45) is 0 Å². The number of pyridine rings is 1. The summed E-state index contributed by atoms with van der Waals surface area (Å²) in [5.41, 5.74) is 0.0204. The lowest BCUT2D eigenvalue weighted by atomic mass is 9.79. The topological polar surface area (TPSA) is 118 Å². The smallest absolute Gasteiger partial charge is 0.480 e. The van der Waals surface area contributed by atoms with Gasteiger partial charge in [0.15, 0.2) is 0 Å². The first-order valence-electron chi connectivity index (χ1n) is 12.7. The van der Waals surface area contributed by atoms with Crippen molar-refractivity contribution in [3.8, 4) is 0 Å². The number of rotatable bonds is 6. The minimum atomic E-state index is -4.48. The molecule has 0 unspecified atom stereocenters. The third-order valence-electron chi connectivity index (χ3n) is 6.23. The molecule has 2 aromatic carbocycles. The number of aromatic nitrogens is 1. The van der Waals surface area contributed by atoms with E-state index in [1.807, 2.05) is 64.1 Å². The van der Waals surface area contributed by atoms with Crippen LogP contribution in [-0.4, -0.2) is 58.2 Å². The van der Waals surface area contributed by atoms with Crippen LogP contribution in [0.15, 0.2) is 72.8 Å². The largest absolute Gasteiger partial charge is 0.494 e.